The molecule has 1 amide bonds. The topological polar surface area (TPSA) is 169 Å². The van der Waals surface area contributed by atoms with E-state index in [0.717, 1.165) is 6.07 Å². The van der Waals surface area contributed by atoms with E-state index < -0.39 is 33.4 Å². The molecule has 1 fully saturated rings. The molecule has 1 unspecified atom stereocenters. The number of hydrogen-bond acceptors (Lipinski definition) is 8. The van der Waals surface area contributed by atoms with Crippen molar-refractivity contribution in [3.8, 4) is 17.2 Å². The van der Waals surface area contributed by atoms with Crippen LogP contribution in [0.1, 0.15) is 16.8 Å². The maximum Gasteiger partial charge on any atom is 0.338 e. The summed E-state index contributed by atoms with van der Waals surface area (Å²) in [6, 6.07) is 6.25. The average Bonchev–Trinajstić information content (AvgIpc) is 3.20. The minimum absolute atomic E-state index is 0.0106. The Bertz CT molecular complexity index is 1240. The van der Waals surface area contributed by atoms with Gasteiger partial charge in [-0.25, -0.2) is 13.2 Å². The van der Waals surface area contributed by atoms with E-state index in [0.29, 0.717) is 5.69 Å². The lowest BCUT2D eigenvalue weighted by Gasteiger charge is -2.19. The first-order valence-electron chi connectivity index (χ1n) is 9.76. The first-order chi connectivity index (χ1) is 16.0. The molecule has 2 aromatic carbocycles. The molecule has 13 heteroatoms. The summed E-state index contributed by atoms with van der Waals surface area (Å²) in [6.45, 7) is -0.0245. The Labute approximate surface area is 194 Å². The van der Waals surface area contributed by atoms with E-state index in [1.165, 1.54) is 50.5 Å². The van der Waals surface area contributed by atoms with Gasteiger partial charge in [0.2, 0.25) is 11.7 Å². The van der Waals surface area contributed by atoms with E-state index in [1.54, 1.807) is 0 Å². The number of carbonyl (C=O) groups is 3. The van der Waals surface area contributed by atoms with Crippen LogP contribution >= 0.6 is 0 Å². The first kappa shape index (κ1) is 24.6. The Morgan fingerprint density at radius 2 is 1.65 bits per heavy atom. The van der Waals surface area contributed by atoms with Gasteiger partial charge in [0.05, 0.1) is 37.7 Å². The number of methoxy groups -OCH3 is 3. The van der Waals surface area contributed by atoms with Crippen LogP contribution in [0.4, 0.5) is 11.4 Å². The van der Waals surface area contributed by atoms with Crippen molar-refractivity contribution in [2.24, 2.45) is 5.92 Å². The van der Waals surface area contributed by atoms with Crippen LogP contribution < -0.4 is 23.8 Å². The summed E-state index contributed by atoms with van der Waals surface area (Å²) in [4.78, 5) is 36.1. The molecule has 0 bridgehead atoms. The van der Waals surface area contributed by atoms with E-state index in [-0.39, 0.29) is 46.7 Å². The number of nitrogens with zero attached hydrogens (tertiary/aromatic N) is 1. The first-order valence-corrected chi connectivity index (χ1v) is 11.2. The number of aromatic carboxylic acids is 1. The zero-order chi connectivity index (χ0) is 25.2. The van der Waals surface area contributed by atoms with Crippen LogP contribution in [0.3, 0.4) is 0 Å². The van der Waals surface area contributed by atoms with Gasteiger partial charge in [-0.2, -0.15) is 0 Å². The maximum absolute atomic E-state index is 13.0. The number of amides is 1. The molecule has 34 heavy (non-hydrogen) atoms. The summed E-state index contributed by atoms with van der Waals surface area (Å²) in [5.41, 5.74) is -0.463. The number of nitrogens with one attached hydrogen (secondary N) is 1. The number of carbonyl (C=O) groups excluding carboxylic acids is 1. The average molecular weight is 494 g/mol. The van der Waals surface area contributed by atoms with E-state index in [4.69, 9.17) is 19.3 Å². The highest BCUT2D eigenvalue weighted by Gasteiger charge is 2.35. The van der Waals surface area contributed by atoms with Gasteiger partial charge in [-0.1, -0.05) is 0 Å². The van der Waals surface area contributed by atoms with Crippen LogP contribution in [0, 0.1) is 5.92 Å². The van der Waals surface area contributed by atoms with Gasteiger partial charge in [0.25, 0.3) is 10.0 Å². The minimum Gasteiger partial charge on any atom is -0.493 e. The van der Waals surface area contributed by atoms with Crippen LogP contribution in [-0.4, -0.2) is 64.4 Å². The van der Waals surface area contributed by atoms with Gasteiger partial charge < -0.3 is 29.3 Å². The molecule has 3 rings (SSSR count). The van der Waals surface area contributed by atoms with Gasteiger partial charge in [0.15, 0.2) is 11.5 Å². The maximum atomic E-state index is 13.0. The second-order valence-corrected chi connectivity index (χ2v) is 8.90. The molecular formula is C21H22N2O10S. The Morgan fingerprint density at radius 3 is 2.12 bits per heavy atom. The van der Waals surface area contributed by atoms with Crippen molar-refractivity contribution in [2.75, 3.05) is 37.5 Å². The number of carboxylic acid groups (broad SMARTS) is 2. The Balaban J connectivity index is 1.97. The summed E-state index contributed by atoms with van der Waals surface area (Å²) < 4.78 is 43.9. The second kappa shape index (κ2) is 9.47. The molecule has 1 heterocycles. The van der Waals surface area contributed by atoms with Crippen LogP contribution in [-0.2, 0) is 19.6 Å². The van der Waals surface area contributed by atoms with Crippen LogP contribution in [0.15, 0.2) is 35.2 Å². The zero-order valence-corrected chi connectivity index (χ0v) is 19.2. The monoisotopic (exact) mass is 494 g/mol. The van der Waals surface area contributed by atoms with E-state index >= 15 is 0 Å². The van der Waals surface area contributed by atoms with E-state index in [2.05, 4.69) is 4.72 Å². The molecule has 12 nitrogen and oxygen atoms in total. The molecule has 1 atom stereocenters. The molecule has 0 spiro atoms. The number of benzene rings is 2. The number of rotatable bonds is 9. The summed E-state index contributed by atoms with van der Waals surface area (Å²) in [6.07, 6.45) is -0.145. The van der Waals surface area contributed by atoms with Crippen molar-refractivity contribution in [2.45, 2.75) is 11.3 Å². The Kier molecular flexibility index (Phi) is 6.86. The van der Waals surface area contributed by atoms with Gasteiger partial charge in [0, 0.05) is 24.7 Å². The molecule has 0 radical (unpaired) electrons. The molecule has 0 aliphatic carbocycles. The molecular weight excluding hydrogens is 472 g/mol. The lowest BCUT2D eigenvalue weighted by molar-refractivity contribution is -0.141. The lowest BCUT2D eigenvalue weighted by atomic mass is 10.1. The van der Waals surface area contributed by atoms with Gasteiger partial charge >= 0.3 is 11.9 Å². The van der Waals surface area contributed by atoms with Gasteiger partial charge in [-0.15, -0.1) is 0 Å². The third kappa shape index (κ3) is 4.55. The van der Waals surface area contributed by atoms with Gasteiger partial charge in [0.1, 0.15) is 5.69 Å². The zero-order valence-electron chi connectivity index (χ0n) is 18.4. The molecule has 1 aliphatic heterocycles. The largest absolute Gasteiger partial charge is 0.493 e. The SMILES string of the molecule is COc1cc(C(=O)O)c(NS(=O)(=O)c2ccc(N3CC(C(=O)O)CC3=O)cc2)c(OC)c1OC. The predicted molar refractivity (Wildman–Crippen MR) is 118 cm³/mol. The van der Waals surface area contributed by atoms with Crippen molar-refractivity contribution in [1.29, 1.82) is 0 Å². The lowest BCUT2D eigenvalue weighted by Crippen LogP contribution is -2.25. The normalized spacial score (nSPS) is 15.7. The fraction of sp³-hybridized carbons (Fsp3) is 0.286. The van der Waals surface area contributed by atoms with Crippen molar-refractivity contribution >= 4 is 39.2 Å². The summed E-state index contributed by atoms with van der Waals surface area (Å²) >= 11 is 0. The highest BCUT2D eigenvalue weighted by Crippen LogP contribution is 2.46. The highest BCUT2D eigenvalue weighted by molar-refractivity contribution is 7.92. The van der Waals surface area contributed by atoms with Gasteiger partial charge in [-0.3, -0.25) is 14.3 Å². The molecule has 3 N–H and O–H groups in total. The molecule has 182 valence electrons. The van der Waals surface area contributed by atoms with E-state index in [1.807, 2.05) is 0 Å². The van der Waals surface area contributed by atoms with Crippen LogP contribution in [0.25, 0.3) is 0 Å². The van der Waals surface area contributed by atoms with Crippen molar-refractivity contribution in [3.63, 3.8) is 0 Å². The quantitative estimate of drug-likeness (QED) is 0.466. The third-order valence-corrected chi connectivity index (χ3v) is 6.60. The fourth-order valence-corrected chi connectivity index (χ4v) is 4.63. The molecule has 1 aliphatic rings. The number of ether oxygens (including phenoxy) is 3. The third-order valence-electron chi connectivity index (χ3n) is 5.23. The van der Waals surface area contributed by atoms with Crippen molar-refractivity contribution < 1.29 is 47.2 Å². The molecule has 0 aromatic heterocycles. The molecule has 0 saturated carbocycles. The van der Waals surface area contributed by atoms with Crippen LogP contribution in [0.5, 0.6) is 17.2 Å². The highest BCUT2D eigenvalue weighted by atomic mass is 32.2. The minimum atomic E-state index is -4.31. The Hall–Kier alpha value is -4.00. The number of carboxylic acids is 2. The number of anilines is 2. The summed E-state index contributed by atoms with van der Waals surface area (Å²) in [5.74, 6) is -3.93. The molecule has 1 saturated heterocycles. The molecule has 2 aromatic rings. The van der Waals surface area contributed by atoms with Crippen molar-refractivity contribution in [3.05, 3.63) is 35.9 Å². The predicted octanol–water partition coefficient (Wildman–Crippen LogP) is 1.65. The smallest absolute Gasteiger partial charge is 0.338 e. The summed E-state index contributed by atoms with van der Waals surface area (Å²) in [5, 5.41) is 18.7. The van der Waals surface area contributed by atoms with E-state index in [9.17, 15) is 27.9 Å². The second-order valence-electron chi connectivity index (χ2n) is 7.22. The number of sulfonamides is 1. The summed E-state index contributed by atoms with van der Waals surface area (Å²) in [7, 11) is -0.523. The van der Waals surface area contributed by atoms with Gasteiger partial charge in [-0.05, 0) is 24.3 Å². The van der Waals surface area contributed by atoms with Crippen molar-refractivity contribution in [1.82, 2.24) is 0 Å². The van der Waals surface area contributed by atoms with Crippen LogP contribution in [0.2, 0.25) is 0 Å². The number of hydrogen-bond donors (Lipinski definition) is 3. The standard InChI is InChI=1S/C21H22N2O10S/c1-31-15-9-14(21(27)28)17(19(33-3)18(15)32-2)22-34(29,30)13-6-4-12(5-7-13)23-10-11(20(25)26)8-16(23)24/h4-7,9,11,22H,8,10H2,1-3H3,(H,25,26)(H,27,28). The fourth-order valence-electron chi connectivity index (χ4n) is 3.55. The Morgan fingerprint density at radius 1 is 1.03 bits per heavy atom. The number of aliphatic carboxylic acids is 1.